The number of aromatic nitrogens is 1. The van der Waals surface area contributed by atoms with Crippen molar-refractivity contribution in [1.82, 2.24) is 14.2 Å². The summed E-state index contributed by atoms with van der Waals surface area (Å²) in [6, 6.07) is 12.7. The summed E-state index contributed by atoms with van der Waals surface area (Å²) in [5.41, 5.74) is 2.59. The Hall–Kier alpha value is -2.04. The van der Waals surface area contributed by atoms with E-state index < -0.39 is 10.0 Å². The molecule has 1 aliphatic rings. The van der Waals surface area contributed by atoms with Crippen LogP contribution in [0.2, 0.25) is 0 Å². The minimum atomic E-state index is -3.59. The molecule has 1 aromatic heterocycles. The molecule has 208 valence electrons. The fraction of sp³-hybridized carbons (Fsp3) is 0.500. The van der Waals surface area contributed by atoms with E-state index in [-0.39, 0.29) is 29.3 Å². The molecule has 0 radical (unpaired) electrons. The number of fused-ring (bicyclic) bond motifs is 1. The topological polar surface area (TPSA) is 73.8 Å². The molecule has 1 atom stereocenters. The quantitative estimate of drug-likeness (QED) is 0.302. The van der Waals surface area contributed by atoms with E-state index in [4.69, 9.17) is 4.98 Å². The summed E-state index contributed by atoms with van der Waals surface area (Å²) >= 11 is 1.52. The summed E-state index contributed by atoms with van der Waals surface area (Å²) < 4.78 is 29.4. The fourth-order valence-corrected chi connectivity index (χ4v) is 7.70. The van der Waals surface area contributed by atoms with Gasteiger partial charge in [0.25, 0.3) is 5.91 Å². The van der Waals surface area contributed by atoms with Gasteiger partial charge in [-0.2, -0.15) is 4.31 Å². The number of benzene rings is 2. The molecule has 10 heteroatoms. The number of carbonyl (C=O) groups excluding carboxylic acids is 1. The minimum absolute atomic E-state index is 0. The highest BCUT2D eigenvalue weighted by atomic mass is 35.5. The van der Waals surface area contributed by atoms with Gasteiger partial charge in [0.15, 0.2) is 5.13 Å². The van der Waals surface area contributed by atoms with Gasteiger partial charge in [0.1, 0.15) is 0 Å². The zero-order valence-corrected chi connectivity index (χ0v) is 25.2. The number of rotatable bonds is 10. The molecule has 2 heterocycles. The van der Waals surface area contributed by atoms with Crippen LogP contribution >= 0.6 is 23.7 Å². The second-order valence-electron chi connectivity index (χ2n) is 9.96. The van der Waals surface area contributed by atoms with E-state index in [2.05, 4.69) is 24.0 Å². The van der Waals surface area contributed by atoms with E-state index in [1.165, 1.54) is 16.9 Å². The SMILES string of the molecule is CCc1ccc2nc(N(CCCN(C)C)C(=O)c3ccc(S(=O)(=O)N4CCCCC4CC)cc3)sc2c1.Cl. The molecule has 7 nitrogen and oxygen atoms in total. The van der Waals surface area contributed by atoms with Crippen LogP contribution in [0.5, 0.6) is 0 Å². The molecule has 4 rings (SSSR count). The van der Waals surface area contributed by atoms with Crippen molar-refractivity contribution in [1.29, 1.82) is 0 Å². The highest BCUT2D eigenvalue weighted by Crippen LogP contribution is 2.32. The van der Waals surface area contributed by atoms with Gasteiger partial charge in [-0.25, -0.2) is 13.4 Å². The molecule has 1 fully saturated rings. The Morgan fingerprint density at radius 3 is 2.47 bits per heavy atom. The van der Waals surface area contributed by atoms with Crippen molar-refractivity contribution >= 4 is 55.0 Å². The summed E-state index contributed by atoms with van der Waals surface area (Å²) in [6.07, 6.45) is 5.40. The third-order valence-corrected chi connectivity index (χ3v) is 10.1. The summed E-state index contributed by atoms with van der Waals surface area (Å²) in [5.74, 6) is -0.165. The minimum Gasteiger partial charge on any atom is -0.309 e. The zero-order chi connectivity index (χ0) is 26.6. The average molecular weight is 579 g/mol. The molecule has 1 saturated heterocycles. The number of piperidine rings is 1. The summed E-state index contributed by atoms with van der Waals surface area (Å²) in [4.78, 5) is 22.6. The molecule has 3 aromatic rings. The van der Waals surface area contributed by atoms with Crippen molar-refractivity contribution in [2.24, 2.45) is 0 Å². The normalized spacial score (nSPS) is 16.5. The van der Waals surface area contributed by atoms with E-state index in [1.54, 1.807) is 33.5 Å². The van der Waals surface area contributed by atoms with Crippen LogP contribution in [-0.2, 0) is 16.4 Å². The number of hydrogen-bond donors (Lipinski definition) is 0. The lowest BCUT2D eigenvalue weighted by Crippen LogP contribution is -2.43. The van der Waals surface area contributed by atoms with E-state index in [9.17, 15) is 13.2 Å². The van der Waals surface area contributed by atoms with E-state index in [0.29, 0.717) is 23.8 Å². The third-order valence-electron chi connectivity index (χ3n) is 7.07. The lowest BCUT2D eigenvalue weighted by atomic mass is 10.0. The maximum absolute atomic E-state index is 13.7. The summed E-state index contributed by atoms with van der Waals surface area (Å²) in [5, 5.41) is 0.669. The Kier molecular flexibility index (Phi) is 10.7. The lowest BCUT2D eigenvalue weighted by Gasteiger charge is -2.34. The Morgan fingerprint density at radius 1 is 1.08 bits per heavy atom. The van der Waals surface area contributed by atoms with Gasteiger partial charge in [0, 0.05) is 24.7 Å². The van der Waals surface area contributed by atoms with Gasteiger partial charge in [0.2, 0.25) is 10.0 Å². The number of anilines is 1. The van der Waals surface area contributed by atoms with E-state index in [1.807, 2.05) is 27.1 Å². The van der Waals surface area contributed by atoms with Gasteiger partial charge in [-0.15, -0.1) is 12.4 Å². The van der Waals surface area contributed by atoms with Crippen LogP contribution in [0.1, 0.15) is 61.9 Å². The zero-order valence-electron chi connectivity index (χ0n) is 22.7. The van der Waals surface area contributed by atoms with E-state index in [0.717, 1.165) is 55.3 Å². The van der Waals surface area contributed by atoms with Gasteiger partial charge in [-0.05, 0) is 94.7 Å². The molecular formula is C28H39ClN4O3S2. The van der Waals surface area contributed by atoms with Crippen molar-refractivity contribution in [2.75, 3.05) is 38.6 Å². The molecule has 0 bridgehead atoms. The first kappa shape index (κ1) is 30.5. The molecule has 1 amide bonds. The standard InChI is InChI=1S/C28H38N4O3S2.ClH/c1-5-21-11-16-25-26(20-21)36-28(29-25)31(18-9-17-30(3)4)27(33)22-12-14-24(15-13-22)37(34,35)32-19-8-7-10-23(32)6-2;/h11-16,20,23H,5-10,17-19H2,1-4H3;1H. The number of carbonyl (C=O) groups is 1. The van der Waals surface area contributed by atoms with Crippen LogP contribution in [-0.4, -0.2) is 68.3 Å². The Bertz CT molecular complexity index is 1330. The van der Waals surface area contributed by atoms with Crippen LogP contribution in [0.4, 0.5) is 5.13 Å². The smallest absolute Gasteiger partial charge is 0.260 e. The molecule has 38 heavy (non-hydrogen) atoms. The van der Waals surface area contributed by atoms with Crippen molar-refractivity contribution in [3.8, 4) is 0 Å². The fourth-order valence-electron chi connectivity index (χ4n) is 4.88. The number of aryl methyl sites for hydroxylation is 1. The molecule has 0 saturated carbocycles. The molecular weight excluding hydrogens is 540 g/mol. The summed E-state index contributed by atoms with van der Waals surface area (Å²) in [6.45, 7) is 6.09. The maximum Gasteiger partial charge on any atom is 0.260 e. The van der Waals surface area contributed by atoms with Crippen molar-refractivity contribution < 1.29 is 13.2 Å². The van der Waals surface area contributed by atoms with Crippen LogP contribution in [0.15, 0.2) is 47.4 Å². The molecule has 0 aliphatic carbocycles. The second kappa shape index (κ2) is 13.3. The highest BCUT2D eigenvalue weighted by molar-refractivity contribution is 7.89. The Balaban J connectivity index is 0.00000400. The monoisotopic (exact) mass is 578 g/mol. The number of halogens is 1. The first-order valence-corrected chi connectivity index (χ1v) is 15.5. The Morgan fingerprint density at radius 2 is 1.82 bits per heavy atom. The average Bonchev–Trinajstić information content (AvgIpc) is 3.33. The highest BCUT2D eigenvalue weighted by Gasteiger charge is 2.32. The van der Waals surface area contributed by atoms with Gasteiger partial charge < -0.3 is 4.90 Å². The number of amides is 1. The van der Waals surface area contributed by atoms with Crippen molar-refractivity contribution in [3.05, 3.63) is 53.6 Å². The molecule has 0 N–H and O–H groups in total. The van der Waals surface area contributed by atoms with Gasteiger partial charge in [-0.1, -0.05) is 37.7 Å². The Labute approximate surface area is 237 Å². The molecule has 0 spiro atoms. The third kappa shape index (κ3) is 6.74. The first-order valence-electron chi connectivity index (χ1n) is 13.2. The largest absolute Gasteiger partial charge is 0.309 e. The van der Waals surface area contributed by atoms with Crippen LogP contribution < -0.4 is 4.90 Å². The maximum atomic E-state index is 13.7. The summed E-state index contributed by atoms with van der Waals surface area (Å²) in [7, 11) is 0.436. The van der Waals surface area contributed by atoms with Gasteiger partial charge in [-0.3, -0.25) is 9.69 Å². The number of hydrogen-bond acceptors (Lipinski definition) is 6. The van der Waals surface area contributed by atoms with Crippen LogP contribution in [0, 0.1) is 0 Å². The van der Waals surface area contributed by atoms with Crippen LogP contribution in [0.3, 0.4) is 0 Å². The van der Waals surface area contributed by atoms with E-state index >= 15 is 0 Å². The molecule has 2 aromatic carbocycles. The van der Waals surface area contributed by atoms with Crippen molar-refractivity contribution in [3.63, 3.8) is 0 Å². The predicted octanol–water partition coefficient (Wildman–Crippen LogP) is 5.83. The molecule has 1 aliphatic heterocycles. The second-order valence-corrected chi connectivity index (χ2v) is 12.9. The number of thiazole rings is 1. The lowest BCUT2D eigenvalue weighted by molar-refractivity contribution is 0.0986. The van der Waals surface area contributed by atoms with Crippen LogP contribution in [0.25, 0.3) is 10.2 Å². The van der Waals surface area contributed by atoms with Gasteiger partial charge in [0.05, 0.1) is 15.1 Å². The number of nitrogens with zero attached hydrogens (tertiary/aromatic N) is 4. The number of sulfonamides is 1. The molecule has 1 unspecified atom stereocenters. The predicted molar refractivity (Wildman–Crippen MR) is 159 cm³/mol. The first-order chi connectivity index (χ1) is 17.7. The van der Waals surface area contributed by atoms with Crippen molar-refractivity contribution in [2.45, 2.75) is 63.3 Å². The van der Waals surface area contributed by atoms with Gasteiger partial charge >= 0.3 is 0 Å².